The summed E-state index contributed by atoms with van der Waals surface area (Å²) in [7, 11) is 0. The summed E-state index contributed by atoms with van der Waals surface area (Å²) in [6.07, 6.45) is 5.07. The van der Waals surface area contributed by atoms with Gasteiger partial charge in [-0.3, -0.25) is 4.98 Å². The Labute approximate surface area is 105 Å². The highest BCUT2D eigenvalue weighted by atomic mass is 15.0. The van der Waals surface area contributed by atoms with Gasteiger partial charge < -0.3 is 5.32 Å². The van der Waals surface area contributed by atoms with Crippen molar-refractivity contribution in [3.63, 3.8) is 0 Å². The van der Waals surface area contributed by atoms with Crippen molar-refractivity contribution in [3.8, 4) is 0 Å². The van der Waals surface area contributed by atoms with Crippen LogP contribution < -0.4 is 5.32 Å². The smallest absolute Gasteiger partial charge is 0.129 e. The van der Waals surface area contributed by atoms with Crippen LogP contribution in [0.25, 0.3) is 10.9 Å². The number of pyridine rings is 1. The summed E-state index contributed by atoms with van der Waals surface area (Å²) in [5.41, 5.74) is 2.19. The maximum absolute atomic E-state index is 4.42. The molecule has 0 bridgehead atoms. The molecule has 2 heterocycles. The van der Waals surface area contributed by atoms with Gasteiger partial charge in [0.2, 0.25) is 0 Å². The minimum atomic E-state index is 0.700. The Morgan fingerprint density at radius 3 is 2.78 bits per heavy atom. The van der Waals surface area contributed by atoms with Gasteiger partial charge in [0.15, 0.2) is 0 Å². The maximum atomic E-state index is 4.42. The summed E-state index contributed by atoms with van der Waals surface area (Å²) >= 11 is 0. The van der Waals surface area contributed by atoms with Gasteiger partial charge in [0.1, 0.15) is 12.1 Å². The lowest BCUT2D eigenvalue weighted by molar-refractivity contribution is 1.08. The molecule has 0 atom stereocenters. The summed E-state index contributed by atoms with van der Waals surface area (Å²) in [4.78, 5) is 12.4. The fourth-order valence-electron chi connectivity index (χ4n) is 1.89. The number of fused-ring (bicyclic) bond motifs is 1. The minimum Gasteiger partial charge on any atom is -0.366 e. The topological polar surface area (TPSA) is 50.7 Å². The van der Waals surface area contributed by atoms with Gasteiger partial charge in [0.05, 0.1) is 5.52 Å². The van der Waals surface area contributed by atoms with E-state index in [1.165, 1.54) is 6.33 Å². The van der Waals surface area contributed by atoms with Crippen LogP contribution in [0.3, 0.4) is 0 Å². The summed E-state index contributed by atoms with van der Waals surface area (Å²) in [6, 6.07) is 12.0. The molecule has 0 saturated heterocycles. The first-order valence-electron chi connectivity index (χ1n) is 5.76. The highest BCUT2D eigenvalue weighted by Gasteiger charge is 2.01. The van der Waals surface area contributed by atoms with Crippen LogP contribution in [0.1, 0.15) is 5.56 Å². The Balaban J connectivity index is 1.87. The number of hydrogen-bond donors (Lipinski definition) is 1. The van der Waals surface area contributed by atoms with Gasteiger partial charge in [-0.25, -0.2) is 9.97 Å². The second-order valence-electron chi connectivity index (χ2n) is 3.94. The molecule has 0 aliphatic rings. The molecule has 0 aliphatic carbocycles. The summed E-state index contributed by atoms with van der Waals surface area (Å²) in [5.74, 6) is 0.818. The molecule has 0 aliphatic heterocycles. The number of para-hydroxylation sites is 1. The van der Waals surface area contributed by atoms with E-state index in [1.807, 2.05) is 24.4 Å². The van der Waals surface area contributed by atoms with Crippen molar-refractivity contribution in [1.29, 1.82) is 0 Å². The molecule has 88 valence electrons. The Bertz CT molecular complexity index is 647. The maximum Gasteiger partial charge on any atom is 0.129 e. The van der Waals surface area contributed by atoms with Crippen LogP contribution in [-0.4, -0.2) is 15.0 Å². The molecule has 0 amide bonds. The number of hydrogen-bond acceptors (Lipinski definition) is 4. The van der Waals surface area contributed by atoms with E-state index in [0.717, 1.165) is 22.3 Å². The van der Waals surface area contributed by atoms with Crippen molar-refractivity contribution in [2.75, 3.05) is 5.32 Å². The minimum absolute atomic E-state index is 0.700. The number of nitrogens with one attached hydrogen (secondary N) is 1. The standard InChI is InChI=1S/C14H12N4/c1-3-11-5-2-7-16-14(11)12(4-1)9-17-13-6-8-15-10-18-13/h1-8,10H,9H2,(H,15,17,18). The molecule has 0 radical (unpaired) electrons. The second kappa shape index (κ2) is 4.79. The molecule has 0 saturated carbocycles. The van der Waals surface area contributed by atoms with Crippen LogP contribution in [0.5, 0.6) is 0 Å². The summed E-state index contributed by atoms with van der Waals surface area (Å²) < 4.78 is 0. The summed E-state index contributed by atoms with van der Waals surface area (Å²) in [6.45, 7) is 0.700. The van der Waals surface area contributed by atoms with E-state index in [4.69, 9.17) is 0 Å². The molecule has 4 nitrogen and oxygen atoms in total. The molecule has 3 rings (SSSR count). The van der Waals surface area contributed by atoms with Gasteiger partial charge in [-0.15, -0.1) is 0 Å². The molecular formula is C14H12N4. The third-order valence-corrected chi connectivity index (χ3v) is 2.76. The van der Waals surface area contributed by atoms with Crippen molar-refractivity contribution in [3.05, 3.63) is 60.7 Å². The highest BCUT2D eigenvalue weighted by Crippen LogP contribution is 2.16. The van der Waals surface area contributed by atoms with Crippen LogP contribution in [-0.2, 0) is 6.54 Å². The SMILES string of the molecule is c1cnc2c(CNc3ccncn3)cccc2c1. The molecule has 1 N–H and O–H groups in total. The quantitative estimate of drug-likeness (QED) is 0.759. The van der Waals surface area contributed by atoms with Crippen molar-refractivity contribution in [1.82, 2.24) is 15.0 Å². The zero-order valence-electron chi connectivity index (χ0n) is 9.74. The van der Waals surface area contributed by atoms with E-state index in [-0.39, 0.29) is 0 Å². The lowest BCUT2D eigenvalue weighted by Gasteiger charge is -2.07. The fraction of sp³-hybridized carbons (Fsp3) is 0.0714. The monoisotopic (exact) mass is 236 g/mol. The highest BCUT2D eigenvalue weighted by molar-refractivity contribution is 5.81. The summed E-state index contributed by atoms with van der Waals surface area (Å²) in [5, 5.41) is 4.41. The van der Waals surface area contributed by atoms with E-state index in [2.05, 4.69) is 38.5 Å². The zero-order valence-corrected chi connectivity index (χ0v) is 9.74. The number of rotatable bonds is 3. The molecule has 1 aromatic carbocycles. The molecule has 3 aromatic rings. The second-order valence-corrected chi connectivity index (χ2v) is 3.94. The first-order valence-corrected chi connectivity index (χ1v) is 5.76. The lowest BCUT2D eigenvalue weighted by Crippen LogP contribution is -2.02. The van der Waals surface area contributed by atoms with E-state index >= 15 is 0 Å². The van der Waals surface area contributed by atoms with Crippen molar-refractivity contribution < 1.29 is 0 Å². The molecule has 0 fully saturated rings. The molecule has 0 unspecified atom stereocenters. The average Bonchev–Trinajstić information content (AvgIpc) is 2.46. The van der Waals surface area contributed by atoms with Gasteiger partial charge in [-0.1, -0.05) is 24.3 Å². The third kappa shape index (κ3) is 2.13. The van der Waals surface area contributed by atoms with Crippen LogP contribution in [0.4, 0.5) is 5.82 Å². The lowest BCUT2D eigenvalue weighted by atomic mass is 10.1. The van der Waals surface area contributed by atoms with Crippen molar-refractivity contribution >= 4 is 16.7 Å². The number of benzene rings is 1. The molecule has 18 heavy (non-hydrogen) atoms. The van der Waals surface area contributed by atoms with E-state index < -0.39 is 0 Å². The number of anilines is 1. The third-order valence-electron chi connectivity index (χ3n) is 2.76. The van der Waals surface area contributed by atoms with Gasteiger partial charge in [0, 0.05) is 24.3 Å². The average molecular weight is 236 g/mol. The van der Waals surface area contributed by atoms with Crippen molar-refractivity contribution in [2.24, 2.45) is 0 Å². The Morgan fingerprint density at radius 1 is 0.944 bits per heavy atom. The van der Waals surface area contributed by atoms with Crippen LogP contribution in [0, 0.1) is 0 Å². The molecule has 0 spiro atoms. The number of aromatic nitrogens is 3. The van der Waals surface area contributed by atoms with E-state index in [9.17, 15) is 0 Å². The predicted molar refractivity (Wildman–Crippen MR) is 71.1 cm³/mol. The number of nitrogens with zero attached hydrogens (tertiary/aromatic N) is 3. The van der Waals surface area contributed by atoms with Gasteiger partial charge >= 0.3 is 0 Å². The van der Waals surface area contributed by atoms with Crippen molar-refractivity contribution in [2.45, 2.75) is 6.54 Å². The Morgan fingerprint density at radius 2 is 1.89 bits per heavy atom. The molecule has 4 heteroatoms. The largest absolute Gasteiger partial charge is 0.366 e. The molecule has 2 aromatic heterocycles. The normalized spacial score (nSPS) is 10.4. The first-order chi connectivity index (χ1) is 8.93. The fourth-order valence-corrected chi connectivity index (χ4v) is 1.89. The Hall–Kier alpha value is -2.49. The van der Waals surface area contributed by atoms with Crippen LogP contribution in [0.2, 0.25) is 0 Å². The van der Waals surface area contributed by atoms with E-state index in [0.29, 0.717) is 6.54 Å². The van der Waals surface area contributed by atoms with Gasteiger partial charge in [-0.2, -0.15) is 0 Å². The van der Waals surface area contributed by atoms with Gasteiger partial charge in [-0.05, 0) is 17.7 Å². The van der Waals surface area contributed by atoms with Crippen LogP contribution >= 0.6 is 0 Å². The van der Waals surface area contributed by atoms with Crippen LogP contribution in [0.15, 0.2) is 55.1 Å². The zero-order chi connectivity index (χ0) is 12.2. The molecular weight excluding hydrogens is 224 g/mol. The Kier molecular flexibility index (Phi) is 2.84. The van der Waals surface area contributed by atoms with E-state index in [1.54, 1.807) is 6.20 Å². The predicted octanol–water partition coefficient (Wildman–Crippen LogP) is 2.64. The first kappa shape index (κ1) is 10.7. The van der Waals surface area contributed by atoms with Gasteiger partial charge in [0.25, 0.3) is 0 Å².